The first kappa shape index (κ1) is 23.0. The standard InChI is InChI=1S/C22H22N4O5S/c1-3-26(4-2)32(29,30)16-9-7-8-15(12-16)22(28)31-14-20(27)17(13-23)21-24-18-10-5-6-11-19(18)25-21/h5-12,27H,3-4,14H2,1-2H3,(H,24,25)/b20-17-. The summed E-state index contributed by atoms with van der Waals surface area (Å²) in [7, 11) is -3.74. The molecule has 0 fully saturated rings. The Morgan fingerprint density at radius 3 is 2.56 bits per heavy atom. The molecule has 0 bridgehead atoms. The van der Waals surface area contributed by atoms with Crippen molar-refractivity contribution >= 4 is 32.6 Å². The van der Waals surface area contributed by atoms with Gasteiger partial charge in [-0.3, -0.25) is 0 Å². The summed E-state index contributed by atoms with van der Waals surface area (Å²) in [5.41, 5.74) is 1.15. The number of sulfonamides is 1. The number of aromatic nitrogens is 2. The van der Waals surface area contributed by atoms with Gasteiger partial charge in [-0.1, -0.05) is 32.0 Å². The minimum atomic E-state index is -3.74. The molecule has 2 aromatic carbocycles. The number of fused-ring (bicyclic) bond motifs is 1. The van der Waals surface area contributed by atoms with Crippen molar-refractivity contribution in [3.63, 3.8) is 0 Å². The predicted octanol–water partition coefficient (Wildman–Crippen LogP) is 3.24. The zero-order chi connectivity index (χ0) is 23.3. The minimum absolute atomic E-state index is 0.00766. The number of esters is 1. The number of aromatic amines is 1. The van der Waals surface area contributed by atoms with Crippen molar-refractivity contribution in [1.29, 1.82) is 5.26 Å². The number of nitriles is 1. The van der Waals surface area contributed by atoms with E-state index >= 15 is 0 Å². The van der Waals surface area contributed by atoms with Gasteiger partial charge >= 0.3 is 5.97 Å². The molecule has 0 radical (unpaired) electrons. The van der Waals surface area contributed by atoms with Gasteiger partial charge in [0.05, 0.1) is 21.5 Å². The van der Waals surface area contributed by atoms with Gasteiger partial charge in [-0.2, -0.15) is 9.57 Å². The van der Waals surface area contributed by atoms with Gasteiger partial charge in [0.25, 0.3) is 0 Å². The van der Waals surface area contributed by atoms with Crippen LogP contribution in [0.3, 0.4) is 0 Å². The minimum Gasteiger partial charge on any atom is -0.507 e. The first-order chi connectivity index (χ1) is 15.3. The summed E-state index contributed by atoms with van der Waals surface area (Å²) in [4.78, 5) is 19.6. The average molecular weight is 455 g/mol. The number of nitrogens with zero attached hydrogens (tertiary/aromatic N) is 3. The maximum absolute atomic E-state index is 12.7. The molecule has 1 heterocycles. The van der Waals surface area contributed by atoms with Crippen LogP contribution >= 0.6 is 0 Å². The molecule has 3 aromatic rings. The van der Waals surface area contributed by atoms with Gasteiger partial charge in [0.15, 0.2) is 11.6 Å². The van der Waals surface area contributed by atoms with E-state index in [-0.39, 0.29) is 21.9 Å². The number of nitrogens with one attached hydrogen (secondary N) is 1. The number of imidazole rings is 1. The average Bonchev–Trinajstić information content (AvgIpc) is 3.22. The Labute approximate surface area is 185 Å². The first-order valence-corrected chi connectivity index (χ1v) is 11.3. The molecule has 0 atom stereocenters. The van der Waals surface area contributed by atoms with E-state index in [0.29, 0.717) is 24.1 Å². The van der Waals surface area contributed by atoms with E-state index in [1.807, 2.05) is 6.07 Å². The van der Waals surface area contributed by atoms with Gasteiger partial charge in [0.1, 0.15) is 18.2 Å². The molecule has 2 N–H and O–H groups in total. The Bertz CT molecular complexity index is 1280. The van der Waals surface area contributed by atoms with Crippen molar-refractivity contribution in [2.24, 2.45) is 0 Å². The van der Waals surface area contributed by atoms with Crippen LogP contribution in [0.4, 0.5) is 0 Å². The lowest BCUT2D eigenvalue weighted by Gasteiger charge is -2.18. The number of rotatable bonds is 8. The van der Waals surface area contributed by atoms with Crippen molar-refractivity contribution in [1.82, 2.24) is 14.3 Å². The van der Waals surface area contributed by atoms with Crippen molar-refractivity contribution in [2.75, 3.05) is 19.7 Å². The van der Waals surface area contributed by atoms with Crippen molar-refractivity contribution in [3.05, 3.63) is 65.7 Å². The molecular weight excluding hydrogens is 432 g/mol. The van der Waals surface area contributed by atoms with Crippen LogP contribution in [0.2, 0.25) is 0 Å². The highest BCUT2D eigenvalue weighted by Gasteiger charge is 2.23. The second-order valence-electron chi connectivity index (χ2n) is 6.73. The van der Waals surface area contributed by atoms with E-state index in [9.17, 15) is 23.6 Å². The number of hydrogen-bond donors (Lipinski definition) is 2. The van der Waals surface area contributed by atoms with Gasteiger partial charge in [-0.25, -0.2) is 18.2 Å². The van der Waals surface area contributed by atoms with Crippen LogP contribution in [0.15, 0.2) is 59.2 Å². The van der Waals surface area contributed by atoms with Gasteiger partial charge in [-0.05, 0) is 30.3 Å². The third-order valence-corrected chi connectivity index (χ3v) is 6.83. The molecule has 1 aromatic heterocycles. The Hall–Kier alpha value is -3.68. The van der Waals surface area contributed by atoms with Crippen LogP contribution in [0.25, 0.3) is 16.6 Å². The number of H-pyrrole nitrogens is 1. The van der Waals surface area contributed by atoms with Gasteiger partial charge < -0.3 is 14.8 Å². The van der Waals surface area contributed by atoms with E-state index in [0.717, 1.165) is 0 Å². The van der Waals surface area contributed by atoms with Gasteiger partial charge in [0, 0.05) is 13.1 Å². The molecule has 32 heavy (non-hydrogen) atoms. The number of aliphatic hydroxyl groups is 1. The number of para-hydroxylation sites is 2. The van der Waals surface area contributed by atoms with Gasteiger partial charge in [-0.15, -0.1) is 0 Å². The van der Waals surface area contributed by atoms with E-state index < -0.39 is 28.4 Å². The number of ether oxygens (including phenoxy) is 1. The fourth-order valence-corrected chi connectivity index (χ4v) is 4.62. The van der Waals surface area contributed by atoms with Gasteiger partial charge in [0.2, 0.25) is 10.0 Å². The Morgan fingerprint density at radius 2 is 1.91 bits per heavy atom. The number of carbonyl (C=O) groups excluding carboxylic acids is 1. The van der Waals surface area contributed by atoms with Crippen LogP contribution in [-0.4, -0.2) is 53.5 Å². The lowest BCUT2D eigenvalue weighted by Crippen LogP contribution is -2.30. The zero-order valence-corrected chi connectivity index (χ0v) is 18.4. The largest absolute Gasteiger partial charge is 0.507 e. The van der Waals surface area contributed by atoms with E-state index in [4.69, 9.17) is 4.74 Å². The molecule has 0 saturated heterocycles. The molecule has 9 nitrogen and oxygen atoms in total. The monoisotopic (exact) mass is 454 g/mol. The second-order valence-corrected chi connectivity index (χ2v) is 8.67. The SMILES string of the molecule is CCN(CC)S(=O)(=O)c1cccc(C(=O)OC/C(O)=C(\C#N)c2nc3ccccc3[nH]2)c1. The lowest BCUT2D eigenvalue weighted by atomic mass is 10.2. The molecule has 3 rings (SSSR count). The number of hydrogen-bond acceptors (Lipinski definition) is 7. The van der Waals surface area contributed by atoms with Crippen LogP contribution in [0.1, 0.15) is 30.0 Å². The van der Waals surface area contributed by atoms with E-state index in [2.05, 4.69) is 9.97 Å². The number of allylic oxidation sites excluding steroid dienone is 1. The predicted molar refractivity (Wildman–Crippen MR) is 118 cm³/mol. The third kappa shape index (κ3) is 4.64. The highest BCUT2D eigenvalue weighted by atomic mass is 32.2. The summed E-state index contributed by atoms with van der Waals surface area (Å²) in [5, 5.41) is 19.8. The third-order valence-electron chi connectivity index (χ3n) is 4.78. The maximum Gasteiger partial charge on any atom is 0.338 e. The van der Waals surface area contributed by atoms with Crippen LogP contribution in [-0.2, 0) is 14.8 Å². The molecule has 0 aliphatic carbocycles. The smallest absolute Gasteiger partial charge is 0.338 e. The number of benzene rings is 2. The molecule has 0 aliphatic heterocycles. The molecule has 0 saturated carbocycles. The first-order valence-electron chi connectivity index (χ1n) is 9.86. The lowest BCUT2D eigenvalue weighted by molar-refractivity contribution is 0.0502. The fraction of sp³-hybridized carbons (Fsp3) is 0.227. The highest BCUT2D eigenvalue weighted by molar-refractivity contribution is 7.89. The summed E-state index contributed by atoms with van der Waals surface area (Å²) in [6, 6.07) is 14.5. The van der Waals surface area contributed by atoms with Crippen LogP contribution in [0.5, 0.6) is 0 Å². The summed E-state index contributed by atoms with van der Waals surface area (Å²) in [5.74, 6) is -1.17. The van der Waals surface area contributed by atoms with Crippen LogP contribution in [0, 0.1) is 11.3 Å². The molecule has 166 valence electrons. The van der Waals surface area contributed by atoms with Crippen molar-refractivity contribution in [3.8, 4) is 6.07 Å². The summed E-state index contributed by atoms with van der Waals surface area (Å²) < 4.78 is 31.7. The molecule has 0 aliphatic rings. The normalized spacial score (nSPS) is 12.4. The Kier molecular flexibility index (Phi) is 6.92. The van der Waals surface area contributed by atoms with Crippen molar-refractivity contribution in [2.45, 2.75) is 18.7 Å². The van der Waals surface area contributed by atoms with Crippen molar-refractivity contribution < 1.29 is 23.1 Å². The fourth-order valence-electron chi connectivity index (χ4n) is 3.11. The summed E-state index contributed by atoms with van der Waals surface area (Å²) >= 11 is 0. The molecule has 10 heteroatoms. The van der Waals surface area contributed by atoms with E-state index in [1.165, 1.54) is 28.6 Å². The Balaban J connectivity index is 1.79. The molecular formula is C22H22N4O5S. The summed E-state index contributed by atoms with van der Waals surface area (Å²) in [6.45, 7) is 3.47. The maximum atomic E-state index is 12.7. The number of carbonyl (C=O) groups is 1. The summed E-state index contributed by atoms with van der Waals surface area (Å²) in [6.07, 6.45) is 0. The molecule has 0 unspecified atom stereocenters. The van der Waals surface area contributed by atoms with E-state index in [1.54, 1.807) is 38.1 Å². The number of aliphatic hydroxyl groups excluding tert-OH is 1. The molecule has 0 spiro atoms. The second kappa shape index (κ2) is 9.64. The molecule has 0 amide bonds. The van der Waals surface area contributed by atoms with Crippen LogP contribution < -0.4 is 0 Å². The quantitative estimate of drug-likeness (QED) is 0.303. The zero-order valence-electron chi connectivity index (χ0n) is 17.6. The Morgan fingerprint density at radius 1 is 1.19 bits per heavy atom. The highest BCUT2D eigenvalue weighted by Crippen LogP contribution is 2.20. The topological polar surface area (TPSA) is 136 Å².